The quantitative estimate of drug-likeness (QED) is 0.636. The highest BCUT2D eigenvalue weighted by atomic mass is 32.2. The van der Waals surface area contributed by atoms with Gasteiger partial charge in [-0.3, -0.25) is 0 Å². The van der Waals surface area contributed by atoms with Gasteiger partial charge in [0.1, 0.15) is 0 Å². The highest BCUT2D eigenvalue weighted by Gasteiger charge is 2.08. The Morgan fingerprint density at radius 3 is 2.67 bits per heavy atom. The van der Waals surface area contributed by atoms with Crippen molar-refractivity contribution in [2.24, 2.45) is 5.14 Å². The van der Waals surface area contributed by atoms with Crippen LogP contribution in [-0.4, -0.2) is 18.5 Å². The van der Waals surface area contributed by atoms with E-state index < -0.39 is 10.0 Å². The number of hydrogen-bond donors (Lipinski definition) is 2. The first kappa shape index (κ1) is 9.11. The lowest BCUT2D eigenvalue weighted by atomic mass is 10.4. The molecule has 0 radical (unpaired) electrons. The van der Waals surface area contributed by atoms with Crippen molar-refractivity contribution < 1.29 is 13.5 Å². The summed E-state index contributed by atoms with van der Waals surface area (Å²) in [5, 5.41) is 13.2. The Hall–Kier alpha value is -0.980. The summed E-state index contributed by atoms with van der Waals surface area (Å²) in [4.78, 5) is 3.60. The van der Waals surface area contributed by atoms with Crippen LogP contribution in [0.1, 0.15) is 5.69 Å². The van der Waals surface area contributed by atoms with Gasteiger partial charge in [0.25, 0.3) is 10.0 Å². The predicted molar refractivity (Wildman–Crippen MR) is 41.5 cm³/mol. The average Bonchev–Trinajstić information content (AvgIpc) is 2.03. The molecular formula is C6H8N2O3S. The van der Waals surface area contributed by atoms with Gasteiger partial charge in [0.05, 0.1) is 12.3 Å². The molecule has 0 aliphatic rings. The van der Waals surface area contributed by atoms with E-state index in [-0.39, 0.29) is 17.3 Å². The fourth-order valence-corrected chi connectivity index (χ4v) is 1.22. The molecule has 1 rings (SSSR count). The first-order valence-electron chi connectivity index (χ1n) is 3.13. The van der Waals surface area contributed by atoms with Crippen molar-refractivity contribution in [1.82, 2.24) is 4.98 Å². The topological polar surface area (TPSA) is 93.3 Å². The van der Waals surface area contributed by atoms with E-state index in [2.05, 4.69) is 4.98 Å². The van der Waals surface area contributed by atoms with Crippen molar-refractivity contribution in [3.05, 3.63) is 23.9 Å². The molecule has 0 spiro atoms. The minimum absolute atomic E-state index is 0.228. The molecule has 6 heteroatoms. The summed E-state index contributed by atoms with van der Waals surface area (Å²) in [6.45, 7) is -0.302. The van der Waals surface area contributed by atoms with Crippen LogP contribution in [0.5, 0.6) is 0 Å². The number of pyridine rings is 1. The van der Waals surface area contributed by atoms with Crippen LogP contribution in [0.15, 0.2) is 23.2 Å². The lowest BCUT2D eigenvalue weighted by Gasteiger charge is -1.98. The van der Waals surface area contributed by atoms with Crippen molar-refractivity contribution in [3.63, 3.8) is 0 Å². The first-order valence-corrected chi connectivity index (χ1v) is 4.68. The molecule has 0 aromatic carbocycles. The molecule has 0 aliphatic carbocycles. The molecule has 66 valence electrons. The molecule has 0 amide bonds. The van der Waals surface area contributed by atoms with Gasteiger partial charge in [0.2, 0.25) is 0 Å². The third-order valence-corrected chi connectivity index (χ3v) is 2.05. The van der Waals surface area contributed by atoms with E-state index in [9.17, 15) is 8.42 Å². The maximum atomic E-state index is 10.7. The van der Waals surface area contributed by atoms with E-state index in [1.165, 1.54) is 18.2 Å². The molecule has 0 fully saturated rings. The van der Waals surface area contributed by atoms with Gasteiger partial charge in [-0.05, 0) is 12.1 Å². The standard InChI is InChI=1S/C6H8N2O3S/c7-12(10,11)6-3-1-2-5(4-9)8-6/h1-3,9H,4H2,(H2,7,10,11). The number of aromatic nitrogens is 1. The molecule has 0 aliphatic heterocycles. The zero-order chi connectivity index (χ0) is 9.19. The minimum atomic E-state index is -3.76. The molecule has 0 atom stereocenters. The van der Waals surface area contributed by atoms with E-state index in [0.717, 1.165) is 0 Å². The Bertz CT molecular complexity index is 374. The summed E-state index contributed by atoms with van der Waals surface area (Å²) >= 11 is 0. The zero-order valence-corrected chi connectivity index (χ0v) is 6.95. The van der Waals surface area contributed by atoms with E-state index in [4.69, 9.17) is 10.2 Å². The normalized spacial score (nSPS) is 11.5. The molecule has 1 aromatic rings. The summed E-state index contributed by atoms with van der Waals surface area (Å²) in [7, 11) is -3.76. The molecule has 5 nitrogen and oxygen atoms in total. The summed E-state index contributed by atoms with van der Waals surface area (Å²) in [5.41, 5.74) is 0.279. The van der Waals surface area contributed by atoms with Crippen LogP contribution < -0.4 is 5.14 Å². The Morgan fingerprint density at radius 1 is 1.50 bits per heavy atom. The summed E-state index contributed by atoms with van der Waals surface area (Å²) in [6.07, 6.45) is 0. The SMILES string of the molecule is NS(=O)(=O)c1cccc(CO)n1. The second-order valence-corrected chi connectivity index (χ2v) is 3.68. The van der Waals surface area contributed by atoms with Crippen LogP contribution in [0, 0.1) is 0 Å². The van der Waals surface area contributed by atoms with Crippen LogP contribution in [0.4, 0.5) is 0 Å². The van der Waals surface area contributed by atoms with Crippen LogP contribution >= 0.6 is 0 Å². The fourth-order valence-electron chi connectivity index (χ4n) is 0.704. The largest absolute Gasteiger partial charge is 0.390 e. The van der Waals surface area contributed by atoms with E-state index in [1.807, 2.05) is 0 Å². The highest BCUT2D eigenvalue weighted by molar-refractivity contribution is 7.89. The molecule has 0 saturated carbocycles. The molecule has 3 N–H and O–H groups in total. The van der Waals surface area contributed by atoms with Gasteiger partial charge in [-0.1, -0.05) is 6.07 Å². The Balaban J connectivity index is 3.20. The number of primary sulfonamides is 1. The van der Waals surface area contributed by atoms with Gasteiger partial charge in [0.15, 0.2) is 5.03 Å². The monoisotopic (exact) mass is 188 g/mol. The van der Waals surface area contributed by atoms with Crippen LogP contribution in [-0.2, 0) is 16.6 Å². The van der Waals surface area contributed by atoms with Gasteiger partial charge in [-0.2, -0.15) is 0 Å². The van der Waals surface area contributed by atoms with Gasteiger partial charge < -0.3 is 5.11 Å². The third kappa shape index (κ3) is 2.00. The van der Waals surface area contributed by atoms with Crippen molar-refractivity contribution in [2.45, 2.75) is 11.6 Å². The van der Waals surface area contributed by atoms with E-state index in [1.54, 1.807) is 0 Å². The van der Waals surface area contributed by atoms with Crippen molar-refractivity contribution >= 4 is 10.0 Å². The molecule has 0 bridgehead atoms. The van der Waals surface area contributed by atoms with Crippen molar-refractivity contribution in [3.8, 4) is 0 Å². The van der Waals surface area contributed by atoms with Crippen LogP contribution in [0.2, 0.25) is 0 Å². The molecule has 0 saturated heterocycles. The van der Waals surface area contributed by atoms with Gasteiger partial charge in [-0.25, -0.2) is 18.5 Å². The van der Waals surface area contributed by atoms with Gasteiger partial charge in [0, 0.05) is 0 Å². The minimum Gasteiger partial charge on any atom is -0.390 e. The van der Waals surface area contributed by atoms with Crippen molar-refractivity contribution in [1.29, 1.82) is 0 Å². The third-order valence-electron chi connectivity index (χ3n) is 1.23. The van der Waals surface area contributed by atoms with E-state index in [0.29, 0.717) is 0 Å². The highest BCUT2D eigenvalue weighted by Crippen LogP contribution is 2.03. The molecule has 0 unspecified atom stereocenters. The number of aliphatic hydroxyl groups is 1. The molecule has 1 aromatic heterocycles. The molecule has 1 heterocycles. The Labute approximate surface area is 69.9 Å². The average molecular weight is 188 g/mol. The number of hydrogen-bond acceptors (Lipinski definition) is 4. The summed E-state index contributed by atoms with van der Waals surface area (Å²) < 4.78 is 21.5. The van der Waals surface area contributed by atoms with Crippen LogP contribution in [0.25, 0.3) is 0 Å². The number of rotatable bonds is 2. The predicted octanol–water partition coefficient (Wildman–Crippen LogP) is -0.779. The first-order chi connectivity index (χ1) is 5.54. The fraction of sp³-hybridized carbons (Fsp3) is 0.167. The lowest BCUT2D eigenvalue weighted by Crippen LogP contribution is -2.14. The Kier molecular flexibility index (Phi) is 2.41. The molecule has 12 heavy (non-hydrogen) atoms. The van der Waals surface area contributed by atoms with E-state index >= 15 is 0 Å². The number of sulfonamides is 1. The van der Waals surface area contributed by atoms with Gasteiger partial charge in [-0.15, -0.1) is 0 Å². The zero-order valence-electron chi connectivity index (χ0n) is 6.14. The second-order valence-electron chi connectivity index (χ2n) is 2.17. The molecular weight excluding hydrogens is 180 g/mol. The Morgan fingerprint density at radius 2 is 2.17 bits per heavy atom. The summed E-state index contributed by atoms with van der Waals surface area (Å²) in [6, 6.07) is 4.25. The smallest absolute Gasteiger partial charge is 0.255 e. The van der Waals surface area contributed by atoms with Gasteiger partial charge >= 0.3 is 0 Å². The maximum Gasteiger partial charge on any atom is 0.255 e. The second kappa shape index (κ2) is 3.18. The van der Waals surface area contributed by atoms with Crippen molar-refractivity contribution in [2.75, 3.05) is 0 Å². The lowest BCUT2D eigenvalue weighted by molar-refractivity contribution is 0.276. The number of nitrogens with zero attached hydrogens (tertiary/aromatic N) is 1. The summed E-state index contributed by atoms with van der Waals surface area (Å²) in [5.74, 6) is 0. The number of nitrogens with two attached hydrogens (primary N) is 1. The van der Waals surface area contributed by atoms with Crippen LogP contribution in [0.3, 0.4) is 0 Å². The number of aliphatic hydroxyl groups excluding tert-OH is 1. The maximum absolute atomic E-state index is 10.7.